The molecule has 1 aromatic heterocycles. The number of benzene rings is 1. The molecule has 20 heavy (non-hydrogen) atoms. The van der Waals surface area contributed by atoms with Gasteiger partial charge in [-0.25, -0.2) is 0 Å². The summed E-state index contributed by atoms with van der Waals surface area (Å²) in [4.78, 5) is 5.78. The van der Waals surface area contributed by atoms with Crippen molar-refractivity contribution >= 4 is 23.5 Å². The SMILES string of the molecule is CNC1CSCC1c1nc(CSc2ccccc2)no1. The Morgan fingerprint density at radius 1 is 1.35 bits per heavy atom. The van der Waals surface area contributed by atoms with Crippen LogP contribution in [0.3, 0.4) is 0 Å². The molecule has 0 aliphatic carbocycles. The maximum Gasteiger partial charge on any atom is 0.232 e. The Morgan fingerprint density at radius 3 is 3.00 bits per heavy atom. The van der Waals surface area contributed by atoms with E-state index in [1.165, 1.54) is 4.90 Å². The molecular formula is C14H17N3OS2. The fraction of sp³-hybridized carbons (Fsp3) is 0.429. The van der Waals surface area contributed by atoms with E-state index in [2.05, 4.69) is 27.6 Å². The van der Waals surface area contributed by atoms with Crippen LogP contribution in [0.5, 0.6) is 0 Å². The second-order valence-electron chi connectivity index (χ2n) is 4.69. The first-order valence-corrected chi connectivity index (χ1v) is 8.76. The summed E-state index contributed by atoms with van der Waals surface area (Å²) >= 11 is 3.66. The summed E-state index contributed by atoms with van der Waals surface area (Å²) in [5.74, 6) is 4.81. The van der Waals surface area contributed by atoms with Crippen molar-refractivity contribution < 1.29 is 4.52 Å². The van der Waals surface area contributed by atoms with Crippen LogP contribution in [0, 0.1) is 0 Å². The van der Waals surface area contributed by atoms with Crippen molar-refractivity contribution in [3.63, 3.8) is 0 Å². The Labute approximate surface area is 127 Å². The maximum absolute atomic E-state index is 5.44. The van der Waals surface area contributed by atoms with Gasteiger partial charge in [-0.1, -0.05) is 23.4 Å². The molecule has 2 atom stereocenters. The second kappa shape index (κ2) is 6.65. The van der Waals surface area contributed by atoms with E-state index < -0.39 is 0 Å². The number of nitrogens with zero attached hydrogens (tertiary/aromatic N) is 2. The Kier molecular flexibility index (Phi) is 4.65. The first-order valence-electron chi connectivity index (χ1n) is 6.62. The van der Waals surface area contributed by atoms with Crippen LogP contribution >= 0.6 is 23.5 Å². The molecule has 0 bridgehead atoms. The highest BCUT2D eigenvalue weighted by Gasteiger charge is 2.32. The number of likely N-dealkylation sites (N-methyl/N-ethyl adjacent to an activating group) is 1. The lowest BCUT2D eigenvalue weighted by Crippen LogP contribution is -2.31. The Morgan fingerprint density at radius 2 is 2.20 bits per heavy atom. The summed E-state index contributed by atoms with van der Waals surface area (Å²) in [5.41, 5.74) is 0. The number of rotatable bonds is 5. The molecule has 1 aliphatic heterocycles. The third kappa shape index (κ3) is 3.19. The van der Waals surface area contributed by atoms with Gasteiger partial charge in [-0.2, -0.15) is 16.7 Å². The highest BCUT2D eigenvalue weighted by Crippen LogP contribution is 2.32. The molecule has 1 aliphatic rings. The Bertz CT molecular complexity index is 546. The molecule has 1 aromatic carbocycles. The van der Waals surface area contributed by atoms with Crippen molar-refractivity contribution in [2.75, 3.05) is 18.6 Å². The van der Waals surface area contributed by atoms with Crippen LogP contribution in [-0.2, 0) is 5.75 Å². The van der Waals surface area contributed by atoms with Crippen LogP contribution in [0.1, 0.15) is 17.6 Å². The third-order valence-corrected chi connectivity index (χ3v) is 5.56. The van der Waals surface area contributed by atoms with Gasteiger partial charge >= 0.3 is 0 Å². The van der Waals surface area contributed by atoms with Gasteiger partial charge in [-0.05, 0) is 19.2 Å². The van der Waals surface area contributed by atoms with Gasteiger partial charge in [-0.3, -0.25) is 0 Å². The van der Waals surface area contributed by atoms with Crippen LogP contribution in [-0.4, -0.2) is 34.7 Å². The van der Waals surface area contributed by atoms with E-state index in [1.807, 2.05) is 37.0 Å². The zero-order chi connectivity index (χ0) is 13.8. The molecule has 0 radical (unpaired) electrons. The van der Waals surface area contributed by atoms with Gasteiger partial charge in [0.1, 0.15) is 0 Å². The van der Waals surface area contributed by atoms with E-state index >= 15 is 0 Å². The number of nitrogens with one attached hydrogen (secondary N) is 1. The summed E-state index contributed by atoms with van der Waals surface area (Å²) < 4.78 is 5.44. The second-order valence-corrected chi connectivity index (χ2v) is 6.81. The topological polar surface area (TPSA) is 51.0 Å². The monoisotopic (exact) mass is 307 g/mol. The zero-order valence-electron chi connectivity index (χ0n) is 11.3. The third-order valence-electron chi connectivity index (χ3n) is 3.36. The predicted octanol–water partition coefficient (Wildman–Crippen LogP) is 2.78. The molecule has 2 heterocycles. The fourth-order valence-electron chi connectivity index (χ4n) is 2.22. The molecule has 6 heteroatoms. The summed E-state index contributed by atoms with van der Waals surface area (Å²) in [6, 6.07) is 10.7. The van der Waals surface area contributed by atoms with Crippen molar-refractivity contribution in [3.8, 4) is 0 Å². The van der Waals surface area contributed by atoms with Gasteiger partial charge in [0.2, 0.25) is 5.89 Å². The lowest BCUT2D eigenvalue weighted by molar-refractivity contribution is 0.341. The van der Waals surface area contributed by atoms with Crippen LogP contribution in [0.4, 0.5) is 0 Å². The largest absolute Gasteiger partial charge is 0.339 e. The van der Waals surface area contributed by atoms with Crippen LogP contribution < -0.4 is 5.32 Å². The minimum Gasteiger partial charge on any atom is -0.339 e. The van der Waals surface area contributed by atoms with Gasteiger partial charge in [0.05, 0.1) is 11.7 Å². The van der Waals surface area contributed by atoms with Gasteiger partial charge in [0.25, 0.3) is 0 Å². The van der Waals surface area contributed by atoms with Crippen molar-refractivity contribution in [2.24, 2.45) is 0 Å². The highest BCUT2D eigenvalue weighted by atomic mass is 32.2. The van der Waals surface area contributed by atoms with Gasteiger partial charge < -0.3 is 9.84 Å². The molecule has 3 rings (SSSR count). The summed E-state index contributed by atoms with van der Waals surface area (Å²) in [7, 11) is 1.99. The molecule has 2 unspecified atom stereocenters. The van der Waals surface area contributed by atoms with E-state index in [-0.39, 0.29) is 0 Å². The van der Waals surface area contributed by atoms with Crippen molar-refractivity contribution in [1.82, 2.24) is 15.5 Å². The molecule has 0 spiro atoms. The molecule has 0 saturated carbocycles. The summed E-state index contributed by atoms with van der Waals surface area (Å²) in [5, 5.41) is 7.43. The smallest absolute Gasteiger partial charge is 0.232 e. The fourth-order valence-corrected chi connectivity index (χ4v) is 4.40. The minimum atomic E-state index is 0.341. The molecule has 2 aromatic rings. The molecule has 1 fully saturated rings. The van der Waals surface area contributed by atoms with E-state index in [0.717, 1.165) is 29.0 Å². The van der Waals surface area contributed by atoms with Crippen molar-refractivity contribution in [1.29, 1.82) is 0 Å². The number of hydrogen-bond donors (Lipinski definition) is 1. The summed E-state index contributed by atoms with van der Waals surface area (Å²) in [6.07, 6.45) is 0. The molecule has 1 saturated heterocycles. The van der Waals surface area contributed by atoms with Gasteiger partial charge in [0.15, 0.2) is 5.82 Å². The molecule has 4 nitrogen and oxygen atoms in total. The van der Waals surface area contributed by atoms with Crippen molar-refractivity contribution in [2.45, 2.75) is 22.6 Å². The average molecular weight is 307 g/mol. The van der Waals surface area contributed by atoms with E-state index in [9.17, 15) is 0 Å². The first kappa shape index (κ1) is 14.0. The van der Waals surface area contributed by atoms with Crippen molar-refractivity contribution in [3.05, 3.63) is 42.0 Å². The number of aromatic nitrogens is 2. The van der Waals surface area contributed by atoms with Crippen LogP contribution in [0.25, 0.3) is 0 Å². The van der Waals surface area contributed by atoms with Gasteiger partial charge in [-0.15, -0.1) is 11.8 Å². The maximum atomic E-state index is 5.44. The quantitative estimate of drug-likeness (QED) is 0.857. The average Bonchev–Trinajstić information content (AvgIpc) is 3.14. The minimum absolute atomic E-state index is 0.341. The Hall–Kier alpha value is -0.980. The highest BCUT2D eigenvalue weighted by molar-refractivity contribution is 7.99. The number of thioether (sulfide) groups is 2. The zero-order valence-corrected chi connectivity index (χ0v) is 12.9. The first-order chi connectivity index (χ1) is 9.86. The lowest BCUT2D eigenvalue weighted by atomic mass is 10.0. The summed E-state index contributed by atoms with van der Waals surface area (Å²) in [6.45, 7) is 0. The number of hydrogen-bond acceptors (Lipinski definition) is 6. The standard InChI is InChI=1S/C14H17N3OS2/c1-15-12-8-19-7-11(12)14-16-13(17-18-14)9-20-10-5-3-2-4-6-10/h2-6,11-12,15H,7-9H2,1H3. The predicted molar refractivity (Wildman–Crippen MR) is 83.2 cm³/mol. The molecule has 1 N–H and O–H groups in total. The van der Waals surface area contributed by atoms with E-state index in [0.29, 0.717) is 12.0 Å². The molecule has 0 amide bonds. The van der Waals surface area contributed by atoms with Gasteiger partial charge in [0, 0.05) is 22.4 Å². The normalized spacial score (nSPS) is 22.2. The molecule has 106 valence electrons. The van der Waals surface area contributed by atoms with Crippen LogP contribution in [0.15, 0.2) is 39.8 Å². The van der Waals surface area contributed by atoms with E-state index in [1.54, 1.807) is 11.8 Å². The lowest BCUT2D eigenvalue weighted by Gasteiger charge is -2.13. The van der Waals surface area contributed by atoms with E-state index in [4.69, 9.17) is 4.52 Å². The van der Waals surface area contributed by atoms with Crippen LogP contribution in [0.2, 0.25) is 0 Å². The Balaban J connectivity index is 1.62. The molecular weight excluding hydrogens is 290 g/mol.